The van der Waals surface area contributed by atoms with Crippen LogP contribution in [-0.2, 0) is 4.79 Å². The van der Waals surface area contributed by atoms with Gasteiger partial charge in [0.2, 0.25) is 0 Å². The highest BCUT2D eigenvalue weighted by molar-refractivity contribution is 5.97. The molecule has 0 bridgehead atoms. The second-order valence-corrected chi connectivity index (χ2v) is 6.64. The average molecular weight is 347 g/mol. The van der Waals surface area contributed by atoms with Crippen molar-refractivity contribution < 1.29 is 14.3 Å². The number of hydrogen-bond donors (Lipinski definition) is 1. The lowest BCUT2D eigenvalue weighted by Crippen LogP contribution is -2.36. The van der Waals surface area contributed by atoms with Gasteiger partial charge in [-0.15, -0.1) is 0 Å². The molecule has 2 rings (SSSR count). The van der Waals surface area contributed by atoms with Crippen LogP contribution in [0.4, 0.5) is 0 Å². The smallest absolute Gasteiger partial charge is 0.260 e. The number of amides is 2. The van der Waals surface area contributed by atoms with E-state index in [-0.39, 0.29) is 18.4 Å². The Morgan fingerprint density at radius 1 is 1.12 bits per heavy atom. The normalized spacial score (nSPS) is 14.9. The number of nitrogens with zero attached hydrogens (tertiary/aromatic N) is 2. The Morgan fingerprint density at radius 3 is 2.48 bits per heavy atom. The molecule has 0 unspecified atom stereocenters. The van der Waals surface area contributed by atoms with E-state index in [1.807, 2.05) is 30.0 Å². The Bertz CT molecular complexity index is 567. The number of para-hydroxylation sites is 1. The van der Waals surface area contributed by atoms with Crippen molar-refractivity contribution in [3.8, 4) is 5.75 Å². The van der Waals surface area contributed by atoms with Crippen molar-refractivity contribution in [2.24, 2.45) is 0 Å². The number of benzene rings is 1. The Morgan fingerprint density at radius 2 is 1.80 bits per heavy atom. The Kier molecular flexibility index (Phi) is 7.73. The molecule has 25 heavy (non-hydrogen) atoms. The first-order chi connectivity index (χ1) is 12.1. The fourth-order valence-corrected chi connectivity index (χ4v) is 2.82. The summed E-state index contributed by atoms with van der Waals surface area (Å²) < 4.78 is 5.68. The summed E-state index contributed by atoms with van der Waals surface area (Å²) >= 11 is 0. The van der Waals surface area contributed by atoms with Crippen molar-refractivity contribution >= 4 is 11.8 Å². The summed E-state index contributed by atoms with van der Waals surface area (Å²) in [6, 6.07) is 7.06. The van der Waals surface area contributed by atoms with Crippen LogP contribution in [0.1, 0.15) is 36.0 Å². The molecule has 1 aromatic carbocycles. The van der Waals surface area contributed by atoms with Gasteiger partial charge in [-0.25, -0.2) is 0 Å². The first kappa shape index (κ1) is 19.2. The number of ether oxygens (including phenoxy) is 1. The first-order valence-corrected chi connectivity index (χ1v) is 9.00. The lowest BCUT2D eigenvalue weighted by atomic mass is 10.2. The summed E-state index contributed by atoms with van der Waals surface area (Å²) in [6.07, 6.45) is 4.47. The maximum Gasteiger partial charge on any atom is 0.260 e. The summed E-state index contributed by atoms with van der Waals surface area (Å²) in [5.74, 6) is 0.261. The van der Waals surface area contributed by atoms with Gasteiger partial charge in [0, 0.05) is 26.2 Å². The summed E-state index contributed by atoms with van der Waals surface area (Å²) in [7, 11) is 3.91. The maximum absolute atomic E-state index is 12.3. The number of likely N-dealkylation sites (N-methyl/N-ethyl adjacent to an activating group) is 1. The Labute approximate surface area is 150 Å². The topological polar surface area (TPSA) is 61.9 Å². The highest BCUT2D eigenvalue weighted by Gasteiger charge is 2.18. The third-order valence-corrected chi connectivity index (χ3v) is 4.29. The number of rotatable bonds is 7. The van der Waals surface area contributed by atoms with E-state index in [1.165, 1.54) is 12.8 Å². The SMILES string of the molecule is CN(C)CCNC(=O)c1ccccc1OCC(=O)N1CCCCCC1. The van der Waals surface area contributed by atoms with Crippen molar-refractivity contribution in [1.82, 2.24) is 15.1 Å². The van der Waals surface area contributed by atoms with Crippen LogP contribution in [0, 0.1) is 0 Å². The first-order valence-electron chi connectivity index (χ1n) is 9.00. The molecule has 138 valence electrons. The summed E-state index contributed by atoms with van der Waals surface area (Å²) in [5, 5.41) is 2.87. The van der Waals surface area contributed by atoms with Crippen LogP contribution in [0.25, 0.3) is 0 Å². The predicted molar refractivity (Wildman–Crippen MR) is 97.9 cm³/mol. The Hall–Kier alpha value is -2.08. The summed E-state index contributed by atoms with van der Waals surface area (Å²) in [6.45, 7) is 2.90. The molecule has 6 nitrogen and oxygen atoms in total. The lowest BCUT2D eigenvalue weighted by molar-refractivity contribution is -0.133. The van der Waals surface area contributed by atoms with Crippen molar-refractivity contribution in [2.75, 3.05) is 46.9 Å². The molecule has 1 aliphatic rings. The second kappa shape index (κ2) is 10.0. The number of nitrogens with one attached hydrogen (secondary N) is 1. The molecule has 1 aliphatic heterocycles. The molecule has 0 saturated carbocycles. The minimum atomic E-state index is -0.181. The molecule has 1 N–H and O–H groups in total. The van der Waals surface area contributed by atoms with E-state index in [0.717, 1.165) is 32.5 Å². The fraction of sp³-hybridized carbons (Fsp3) is 0.579. The predicted octanol–water partition coefficient (Wildman–Crippen LogP) is 1.76. The van der Waals surface area contributed by atoms with E-state index < -0.39 is 0 Å². The van der Waals surface area contributed by atoms with Crippen LogP contribution in [-0.4, -0.2) is 68.5 Å². The molecule has 0 aromatic heterocycles. The average Bonchev–Trinajstić information content (AvgIpc) is 2.89. The van der Waals surface area contributed by atoms with Crippen LogP contribution in [0.3, 0.4) is 0 Å². The van der Waals surface area contributed by atoms with Crippen molar-refractivity contribution in [2.45, 2.75) is 25.7 Å². The van der Waals surface area contributed by atoms with E-state index >= 15 is 0 Å². The van der Waals surface area contributed by atoms with Crippen LogP contribution >= 0.6 is 0 Å². The Balaban J connectivity index is 1.91. The number of hydrogen-bond acceptors (Lipinski definition) is 4. The van der Waals surface area contributed by atoms with E-state index in [0.29, 0.717) is 17.9 Å². The number of carbonyl (C=O) groups is 2. The van der Waals surface area contributed by atoms with Gasteiger partial charge in [0.05, 0.1) is 5.56 Å². The van der Waals surface area contributed by atoms with Crippen molar-refractivity contribution in [3.63, 3.8) is 0 Å². The van der Waals surface area contributed by atoms with Crippen LogP contribution in [0.5, 0.6) is 5.75 Å². The third-order valence-electron chi connectivity index (χ3n) is 4.29. The fourth-order valence-electron chi connectivity index (χ4n) is 2.82. The van der Waals surface area contributed by atoms with Gasteiger partial charge in [0.1, 0.15) is 5.75 Å². The molecular weight excluding hydrogens is 318 g/mol. The zero-order chi connectivity index (χ0) is 18.1. The third kappa shape index (κ3) is 6.38. The zero-order valence-electron chi connectivity index (χ0n) is 15.3. The zero-order valence-corrected chi connectivity index (χ0v) is 15.3. The number of likely N-dealkylation sites (tertiary alicyclic amines) is 1. The second-order valence-electron chi connectivity index (χ2n) is 6.64. The molecule has 2 amide bonds. The molecule has 0 atom stereocenters. The van der Waals surface area contributed by atoms with Gasteiger partial charge >= 0.3 is 0 Å². The minimum absolute atomic E-state index is 0.00952. The highest BCUT2D eigenvalue weighted by atomic mass is 16.5. The van der Waals surface area contributed by atoms with Gasteiger partial charge < -0.3 is 19.9 Å². The standard InChI is InChI=1S/C19H29N3O3/c1-21(2)14-11-20-19(24)16-9-5-6-10-17(16)25-15-18(23)22-12-7-3-4-8-13-22/h5-6,9-10H,3-4,7-8,11-15H2,1-2H3,(H,20,24). The summed E-state index contributed by atoms with van der Waals surface area (Å²) in [4.78, 5) is 28.6. The molecule has 1 aromatic rings. The van der Waals surface area contributed by atoms with Gasteiger partial charge in [-0.3, -0.25) is 9.59 Å². The molecule has 1 saturated heterocycles. The van der Waals surface area contributed by atoms with Crippen LogP contribution < -0.4 is 10.1 Å². The van der Waals surface area contributed by atoms with Crippen molar-refractivity contribution in [3.05, 3.63) is 29.8 Å². The molecule has 1 fully saturated rings. The van der Waals surface area contributed by atoms with E-state index in [4.69, 9.17) is 4.74 Å². The molecule has 0 radical (unpaired) electrons. The number of carbonyl (C=O) groups excluding carboxylic acids is 2. The van der Waals surface area contributed by atoms with Crippen LogP contribution in [0.2, 0.25) is 0 Å². The molecule has 0 spiro atoms. The van der Waals surface area contributed by atoms with Crippen LogP contribution in [0.15, 0.2) is 24.3 Å². The lowest BCUT2D eigenvalue weighted by Gasteiger charge is -2.20. The largest absolute Gasteiger partial charge is 0.483 e. The monoisotopic (exact) mass is 347 g/mol. The van der Waals surface area contributed by atoms with E-state index in [2.05, 4.69) is 5.32 Å². The summed E-state index contributed by atoms with van der Waals surface area (Å²) in [5.41, 5.74) is 0.463. The molecule has 6 heteroatoms. The van der Waals surface area contributed by atoms with Gasteiger partial charge in [-0.1, -0.05) is 25.0 Å². The minimum Gasteiger partial charge on any atom is -0.483 e. The molecular formula is C19H29N3O3. The van der Waals surface area contributed by atoms with Gasteiger partial charge in [0.15, 0.2) is 6.61 Å². The van der Waals surface area contributed by atoms with Crippen molar-refractivity contribution in [1.29, 1.82) is 0 Å². The quantitative estimate of drug-likeness (QED) is 0.816. The van der Waals surface area contributed by atoms with Gasteiger partial charge in [-0.2, -0.15) is 0 Å². The highest BCUT2D eigenvalue weighted by Crippen LogP contribution is 2.18. The van der Waals surface area contributed by atoms with E-state index in [1.54, 1.807) is 18.2 Å². The maximum atomic E-state index is 12.3. The van der Waals surface area contributed by atoms with Gasteiger partial charge in [-0.05, 0) is 39.1 Å². The molecule has 1 heterocycles. The van der Waals surface area contributed by atoms with Gasteiger partial charge in [0.25, 0.3) is 11.8 Å². The molecule has 0 aliphatic carbocycles. The van der Waals surface area contributed by atoms with E-state index in [9.17, 15) is 9.59 Å².